The maximum absolute atomic E-state index is 11.4. The second-order valence-corrected chi connectivity index (χ2v) is 1.77. The molecule has 0 aliphatic rings. The molecule has 0 aliphatic carbocycles. The summed E-state index contributed by atoms with van der Waals surface area (Å²) in [6.07, 6.45) is 0.553. The quantitative estimate of drug-likeness (QED) is 0.604. The molecule has 1 unspecified atom stereocenters. The number of hydrogen-bond donors (Lipinski definition) is 1. The molecule has 56 valence electrons. The van der Waals surface area contributed by atoms with E-state index in [0.717, 1.165) is 6.42 Å². The molecule has 0 aromatic heterocycles. The van der Waals surface area contributed by atoms with Gasteiger partial charge in [0, 0.05) is 0 Å². The van der Waals surface area contributed by atoms with Crippen LogP contribution in [0.2, 0.25) is 0 Å². The van der Waals surface area contributed by atoms with E-state index in [2.05, 4.69) is 0 Å². The Morgan fingerprint density at radius 1 is 1.67 bits per heavy atom. The summed E-state index contributed by atoms with van der Waals surface area (Å²) in [5, 5.41) is 8.51. The number of hydrogen-bond acceptors (Lipinski definition) is 2. The van der Waals surface area contributed by atoms with E-state index in [4.69, 9.17) is 9.84 Å². The number of rotatable bonds is 5. The summed E-state index contributed by atoms with van der Waals surface area (Å²) >= 11 is 0. The second kappa shape index (κ2) is 5.98. The van der Waals surface area contributed by atoms with Gasteiger partial charge in [-0.1, -0.05) is 6.92 Å². The van der Waals surface area contributed by atoms with Crippen LogP contribution in [0.15, 0.2) is 0 Å². The molecule has 3 heteroatoms. The van der Waals surface area contributed by atoms with Crippen LogP contribution < -0.4 is 0 Å². The fraction of sp³-hybridized carbons (Fsp3) is 1.00. The van der Waals surface area contributed by atoms with Gasteiger partial charge in [0.2, 0.25) is 0 Å². The van der Waals surface area contributed by atoms with Crippen molar-refractivity contribution < 1.29 is 14.2 Å². The minimum absolute atomic E-state index is 0.0174. The Morgan fingerprint density at radius 3 is 2.67 bits per heavy atom. The normalized spacial score (nSPS) is 13.7. The molecule has 1 atom stereocenters. The average molecular weight is 136 g/mol. The van der Waals surface area contributed by atoms with Gasteiger partial charge in [0.05, 0.1) is 19.3 Å². The Morgan fingerprint density at radius 2 is 2.33 bits per heavy atom. The lowest BCUT2D eigenvalue weighted by atomic mass is 10.3. The highest BCUT2D eigenvalue weighted by Gasteiger charge is 2.01. The third kappa shape index (κ3) is 4.36. The monoisotopic (exact) mass is 136 g/mol. The number of aliphatic hydroxyl groups is 1. The molecule has 0 fully saturated rings. The molecule has 0 amide bonds. The van der Waals surface area contributed by atoms with E-state index in [1.165, 1.54) is 0 Å². The van der Waals surface area contributed by atoms with Crippen LogP contribution in [-0.4, -0.2) is 31.1 Å². The fourth-order valence-electron chi connectivity index (χ4n) is 0.511. The molecule has 0 aromatic carbocycles. The van der Waals surface area contributed by atoms with Crippen molar-refractivity contribution in [3.8, 4) is 0 Å². The molecule has 0 spiro atoms. The summed E-state index contributed by atoms with van der Waals surface area (Å²) in [7, 11) is 0. The van der Waals surface area contributed by atoms with E-state index in [0.29, 0.717) is 0 Å². The minimum Gasteiger partial charge on any atom is -0.394 e. The molecule has 0 aromatic rings. The smallest absolute Gasteiger partial charge is 0.113 e. The Balaban J connectivity index is 3.09. The van der Waals surface area contributed by atoms with Gasteiger partial charge in [0.15, 0.2) is 0 Å². The number of halogens is 1. The van der Waals surface area contributed by atoms with Crippen LogP contribution in [0, 0.1) is 0 Å². The van der Waals surface area contributed by atoms with Crippen molar-refractivity contribution in [2.45, 2.75) is 19.4 Å². The lowest BCUT2D eigenvalue weighted by molar-refractivity contribution is 0.00539. The summed E-state index contributed by atoms with van der Waals surface area (Å²) in [4.78, 5) is 0. The van der Waals surface area contributed by atoms with Crippen LogP contribution in [0.4, 0.5) is 4.39 Å². The first kappa shape index (κ1) is 8.85. The molecule has 1 N–H and O–H groups in total. The predicted octanol–water partition coefficient (Wildman–Crippen LogP) is 0.743. The van der Waals surface area contributed by atoms with Gasteiger partial charge < -0.3 is 9.84 Å². The van der Waals surface area contributed by atoms with E-state index < -0.39 is 6.67 Å². The van der Waals surface area contributed by atoms with E-state index in [9.17, 15) is 4.39 Å². The van der Waals surface area contributed by atoms with E-state index in [1.807, 2.05) is 6.92 Å². The van der Waals surface area contributed by atoms with Gasteiger partial charge >= 0.3 is 0 Å². The first-order valence-electron chi connectivity index (χ1n) is 3.13. The largest absolute Gasteiger partial charge is 0.394 e. The van der Waals surface area contributed by atoms with E-state index in [-0.39, 0.29) is 19.3 Å². The fourth-order valence-corrected chi connectivity index (χ4v) is 0.511. The lowest BCUT2D eigenvalue weighted by Crippen LogP contribution is -2.17. The van der Waals surface area contributed by atoms with Crippen LogP contribution in [0.1, 0.15) is 13.3 Å². The van der Waals surface area contributed by atoms with Gasteiger partial charge in [-0.25, -0.2) is 4.39 Å². The molecule has 0 saturated heterocycles. The summed E-state index contributed by atoms with van der Waals surface area (Å²) in [5.41, 5.74) is 0. The number of aliphatic hydroxyl groups excluding tert-OH is 1. The molecular weight excluding hydrogens is 123 g/mol. The van der Waals surface area contributed by atoms with Crippen molar-refractivity contribution in [1.29, 1.82) is 0 Å². The summed E-state index contributed by atoms with van der Waals surface area (Å²) in [6, 6.07) is 0. The van der Waals surface area contributed by atoms with Gasteiger partial charge in [-0.2, -0.15) is 0 Å². The van der Waals surface area contributed by atoms with E-state index in [1.54, 1.807) is 0 Å². The van der Waals surface area contributed by atoms with Crippen LogP contribution in [0.25, 0.3) is 0 Å². The molecule has 0 saturated carbocycles. The third-order valence-electron chi connectivity index (χ3n) is 1.09. The van der Waals surface area contributed by atoms with Gasteiger partial charge in [0.1, 0.15) is 6.67 Å². The molecule has 9 heavy (non-hydrogen) atoms. The molecule has 0 aliphatic heterocycles. The molecule has 0 rings (SSSR count). The van der Waals surface area contributed by atoms with Crippen LogP contribution in [0.5, 0.6) is 0 Å². The highest BCUT2D eigenvalue weighted by atomic mass is 19.1. The molecule has 0 radical (unpaired) electrons. The van der Waals surface area contributed by atoms with E-state index >= 15 is 0 Å². The van der Waals surface area contributed by atoms with Crippen molar-refractivity contribution in [2.75, 3.05) is 19.9 Å². The number of alkyl halides is 1. The lowest BCUT2D eigenvalue weighted by Gasteiger charge is -2.10. The average Bonchev–Trinajstić information content (AvgIpc) is 1.91. The Hall–Kier alpha value is -0.150. The predicted molar refractivity (Wildman–Crippen MR) is 33.1 cm³/mol. The minimum atomic E-state index is -0.476. The molecule has 0 heterocycles. The summed E-state index contributed by atoms with van der Waals surface area (Å²) < 4.78 is 16.3. The van der Waals surface area contributed by atoms with Crippen molar-refractivity contribution >= 4 is 0 Å². The van der Waals surface area contributed by atoms with Crippen LogP contribution >= 0.6 is 0 Å². The van der Waals surface area contributed by atoms with Gasteiger partial charge in [-0.05, 0) is 6.42 Å². The zero-order valence-electron chi connectivity index (χ0n) is 5.64. The van der Waals surface area contributed by atoms with Crippen molar-refractivity contribution in [1.82, 2.24) is 0 Å². The maximum atomic E-state index is 11.4. The van der Waals surface area contributed by atoms with Crippen LogP contribution in [-0.2, 0) is 4.74 Å². The first-order chi connectivity index (χ1) is 4.35. The standard InChI is InChI=1S/C6H13FO2/c1-2-6(5-8)9-4-3-7/h6,8H,2-5H2,1H3. The maximum Gasteiger partial charge on any atom is 0.113 e. The molecule has 0 bridgehead atoms. The molecule has 2 nitrogen and oxygen atoms in total. The van der Waals surface area contributed by atoms with Gasteiger partial charge in [-0.15, -0.1) is 0 Å². The topological polar surface area (TPSA) is 29.5 Å². The van der Waals surface area contributed by atoms with Gasteiger partial charge in [-0.3, -0.25) is 0 Å². The highest BCUT2D eigenvalue weighted by Crippen LogP contribution is 1.95. The molecular formula is C6H13FO2. The zero-order chi connectivity index (χ0) is 7.11. The summed E-state index contributed by atoms with van der Waals surface area (Å²) in [6.45, 7) is 1.49. The second-order valence-electron chi connectivity index (χ2n) is 1.77. The third-order valence-corrected chi connectivity index (χ3v) is 1.09. The zero-order valence-corrected chi connectivity index (χ0v) is 5.64. The summed E-state index contributed by atoms with van der Waals surface area (Å²) in [5.74, 6) is 0. The van der Waals surface area contributed by atoms with Crippen LogP contribution in [0.3, 0.4) is 0 Å². The van der Waals surface area contributed by atoms with Gasteiger partial charge in [0.25, 0.3) is 0 Å². The number of ether oxygens (including phenoxy) is 1. The Bertz CT molecular complexity index is 55.0. The van der Waals surface area contributed by atoms with Crippen molar-refractivity contribution in [3.05, 3.63) is 0 Å². The Labute approximate surface area is 54.6 Å². The first-order valence-corrected chi connectivity index (χ1v) is 3.13. The van der Waals surface area contributed by atoms with Crippen molar-refractivity contribution in [2.24, 2.45) is 0 Å². The SMILES string of the molecule is CCC(CO)OCCF. The van der Waals surface area contributed by atoms with Crippen molar-refractivity contribution in [3.63, 3.8) is 0 Å². The highest BCUT2D eigenvalue weighted by molar-refractivity contribution is 4.50. The Kier molecular flexibility index (Phi) is 5.88.